The van der Waals surface area contributed by atoms with Gasteiger partial charge in [0.25, 0.3) is 0 Å². The Balaban J connectivity index is 2.05. The number of hydrogen-bond donors (Lipinski definition) is 1. The molecule has 1 heterocycles. The van der Waals surface area contributed by atoms with E-state index in [0.29, 0.717) is 6.54 Å². The first-order valence-corrected chi connectivity index (χ1v) is 6.40. The predicted molar refractivity (Wildman–Crippen MR) is 74.2 cm³/mol. The minimum absolute atomic E-state index is 0.181. The van der Waals surface area contributed by atoms with Crippen molar-refractivity contribution in [1.82, 2.24) is 10.5 Å². The van der Waals surface area contributed by atoms with Crippen molar-refractivity contribution in [1.29, 1.82) is 0 Å². The van der Waals surface area contributed by atoms with Gasteiger partial charge in [-0.25, -0.2) is 0 Å². The van der Waals surface area contributed by atoms with Crippen molar-refractivity contribution < 1.29 is 9.26 Å². The summed E-state index contributed by atoms with van der Waals surface area (Å²) < 4.78 is 10.6. The van der Waals surface area contributed by atoms with Crippen LogP contribution in [-0.4, -0.2) is 12.3 Å². The first-order valence-electron chi connectivity index (χ1n) is 6.40. The maximum atomic E-state index is 5.43. The molecule has 1 unspecified atom stereocenters. The van der Waals surface area contributed by atoms with Gasteiger partial charge >= 0.3 is 0 Å². The maximum Gasteiger partial charge on any atom is 0.150 e. The molecule has 0 amide bonds. The Bertz CT molecular complexity index is 549. The van der Waals surface area contributed by atoms with Crippen LogP contribution in [0, 0.1) is 13.8 Å². The molecule has 0 spiro atoms. The van der Waals surface area contributed by atoms with Crippen LogP contribution in [0.5, 0.6) is 5.75 Å². The second-order valence-corrected chi connectivity index (χ2v) is 4.78. The van der Waals surface area contributed by atoms with Gasteiger partial charge in [0.1, 0.15) is 5.75 Å². The lowest BCUT2D eigenvalue weighted by Crippen LogP contribution is -2.18. The van der Waals surface area contributed by atoms with Crippen LogP contribution in [-0.2, 0) is 6.54 Å². The fourth-order valence-corrected chi connectivity index (χ4v) is 2.04. The zero-order valence-corrected chi connectivity index (χ0v) is 11.9. The smallest absolute Gasteiger partial charge is 0.150 e. The monoisotopic (exact) mass is 260 g/mol. The van der Waals surface area contributed by atoms with Crippen molar-refractivity contribution in [2.24, 2.45) is 0 Å². The first-order chi connectivity index (χ1) is 9.10. The molecule has 1 atom stereocenters. The number of aromatic nitrogens is 1. The van der Waals surface area contributed by atoms with E-state index >= 15 is 0 Å². The van der Waals surface area contributed by atoms with Crippen LogP contribution in [0.4, 0.5) is 0 Å². The Labute approximate surface area is 113 Å². The van der Waals surface area contributed by atoms with E-state index < -0.39 is 0 Å². The Morgan fingerprint density at radius 1 is 1.32 bits per heavy atom. The number of hydrogen-bond acceptors (Lipinski definition) is 4. The SMILES string of the molecule is COc1cc(C)ccc1C(C)NCc1cc(C)no1. The van der Waals surface area contributed by atoms with Crippen LogP contribution in [0.25, 0.3) is 0 Å². The number of ether oxygens (including phenoxy) is 1. The molecule has 4 heteroatoms. The number of rotatable bonds is 5. The van der Waals surface area contributed by atoms with E-state index in [1.54, 1.807) is 7.11 Å². The molecule has 2 aromatic rings. The van der Waals surface area contributed by atoms with E-state index in [4.69, 9.17) is 9.26 Å². The molecule has 0 bridgehead atoms. The van der Waals surface area contributed by atoms with E-state index in [-0.39, 0.29) is 6.04 Å². The first kappa shape index (κ1) is 13.6. The highest BCUT2D eigenvalue weighted by molar-refractivity contribution is 5.39. The highest BCUT2D eigenvalue weighted by atomic mass is 16.5. The van der Waals surface area contributed by atoms with Crippen molar-refractivity contribution in [3.63, 3.8) is 0 Å². The van der Waals surface area contributed by atoms with Crippen molar-refractivity contribution in [2.75, 3.05) is 7.11 Å². The summed E-state index contributed by atoms with van der Waals surface area (Å²) in [5.74, 6) is 1.75. The summed E-state index contributed by atoms with van der Waals surface area (Å²) in [6, 6.07) is 8.35. The van der Waals surface area contributed by atoms with Gasteiger partial charge in [-0.05, 0) is 32.4 Å². The average Bonchev–Trinajstić information content (AvgIpc) is 2.81. The topological polar surface area (TPSA) is 47.3 Å². The van der Waals surface area contributed by atoms with Gasteiger partial charge in [0.15, 0.2) is 5.76 Å². The van der Waals surface area contributed by atoms with Crippen LogP contribution < -0.4 is 10.1 Å². The van der Waals surface area contributed by atoms with Gasteiger partial charge in [-0.15, -0.1) is 0 Å². The van der Waals surface area contributed by atoms with E-state index in [2.05, 4.69) is 36.5 Å². The van der Waals surface area contributed by atoms with Gasteiger partial charge in [-0.1, -0.05) is 17.3 Å². The van der Waals surface area contributed by atoms with Gasteiger partial charge in [-0.2, -0.15) is 0 Å². The number of benzene rings is 1. The van der Waals surface area contributed by atoms with Crippen molar-refractivity contribution in [2.45, 2.75) is 33.4 Å². The highest BCUT2D eigenvalue weighted by Crippen LogP contribution is 2.26. The summed E-state index contributed by atoms with van der Waals surface area (Å²) in [6.07, 6.45) is 0. The normalized spacial score (nSPS) is 12.4. The molecule has 1 aromatic carbocycles. The third-order valence-electron chi connectivity index (χ3n) is 3.11. The van der Waals surface area contributed by atoms with Gasteiger partial charge in [0.2, 0.25) is 0 Å². The van der Waals surface area contributed by atoms with Crippen LogP contribution in [0.2, 0.25) is 0 Å². The van der Waals surface area contributed by atoms with Crippen molar-refractivity contribution in [3.8, 4) is 5.75 Å². The van der Waals surface area contributed by atoms with E-state index in [0.717, 1.165) is 22.8 Å². The quantitative estimate of drug-likeness (QED) is 0.897. The largest absolute Gasteiger partial charge is 0.496 e. The average molecular weight is 260 g/mol. The Morgan fingerprint density at radius 3 is 2.74 bits per heavy atom. The third-order valence-corrected chi connectivity index (χ3v) is 3.11. The summed E-state index contributed by atoms with van der Waals surface area (Å²) >= 11 is 0. The van der Waals surface area contributed by atoms with Gasteiger partial charge in [0.05, 0.1) is 19.3 Å². The Morgan fingerprint density at radius 2 is 2.11 bits per heavy atom. The molecule has 1 aromatic heterocycles. The van der Waals surface area contributed by atoms with E-state index in [1.807, 2.05) is 19.1 Å². The molecule has 2 rings (SSSR count). The summed E-state index contributed by atoms with van der Waals surface area (Å²) in [6.45, 7) is 6.73. The zero-order chi connectivity index (χ0) is 13.8. The Kier molecular flexibility index (Phi) is 4.22. The molecule has 0 fully saturated rings. The number of nitrogens with zero attached hydrogens (tertiary/aromatic N) is 1. The summed E-state index contributed by atoms with van der Waals surface area (Å²) in [5.41, 5.74) is 3.24. The van der Waals surface area contributed by atoms with E-state index in [9.17, 15) is 0 Å². The Hall–Kier alpha value is -1.81. The lowest BCUT2D eigenvalue weighted by atomic mass is 10.0. The molecule has 1 N–H and O–H groups in total. The second kappa shape index (κ2) is 5.89. The van der Waals surface area contributed by atoms with Crippen LogP contribution in [0.15, 0.2) is 28.8 Å². The van der Waals surface area contributed by atoms with Crippen LogP contribution in [0.1, 0.15) is 35.5 Å². The summed E-state index contributed by atoms with van der Waals surface area (Å²) in [4.78, 5) is 0. The molecule has 0 radical (unpaired) electrons. The molecule has 4 nitrogen and oxygen atoms in total. The number of methoxy groups -OCH3 is 1. The standard InChI is InChI=1S/C15H20N2O2/c1-10-5-6-14(15(7-10)18-4)12(3)16-9-13-8-11(2)17-19-13/h5-8,12,16H,9H2,1-4H3. The summed E-state index contributed by atoms with van der Waals surface area (Å²) in [7, 11) is 1.70. The lowest BCUT2D eigenvalue weighted by Gasteiger charge is -2.17. The van der Waals surface area contributed by atoms with Crippen molar-refractivity contribution in [3.05, 3.63) is 46.8 Å². The van der Waals surface area contributed by atoms with Gasteiger partial charge in [0, 0.05) is 17.7 Å². The fourth-order valence-electron chi connectivity index (χ4n) is 2.04. The minimum atomic E-state index is 0.181. The summed E-state index contributed by atoms with van der Waals surface area (Å²) in [5, 5.41) is 7.28. The molecule has 0 saturated carbocycles. The molecular formula is C15H20N2O2. The van der Waals surface area contributed by atoms with E-state index in [1.165, 1.54) is 5.56 Å². The fraction of sp³-hybridized carbons (Fsp3) is 0.400. The second-order valence-electron chi connectivity index (χ2n) is 4.78. The molecule has 102 valence electrons. The highest BCUT2D eigenvalue weighted by Gasteiger charge is 2.12. The molecule has 0 aliphatic rings. The molecular weight excluding hydrogens is 240 g/mol. The third kappa shape index (κ3) is 3.35. The van der Waals surface area contributed by atoms with Crippen LogP contribution >= 0.6 is 0 Å². The predicted octanol–water partition coefficient (Wildman–Crippen LogP) is 3.15. The molecule has 0 aliphatic heterocycles. The molecule has 0 saturated heterocycles. The van der Waals surface area contributed by atoms with Crippen LogP contribution in [0.3, 0.4) is 0 Å². The zero-order valence-electron chi connectivity index (χ0n) is 11.9. The molecule has 0 aliphatic carbocycles. The van der Waals surface area contributed by atoms with Gasteiger partial charge in [-0.3, -0.25) is 0 Å². The number of nitrogens with one attached hydrogen (secondary N) is 1. The number of aryl methyl sites for hydroxylation is 2. The minimum Gasteiger partial charge on any atom is -0.496 e. The lowest BCUT2D eigenvalue weighted by molar-refractivity contribution is 0.359. The van der Waals surface area contributed by atoms with Crippen molar-refractivity contribution >= 4 is 0 Å². The van der Waals surface area contributed by atoms with Gasteiger partial charge < -0.3 is 14.6 Å². The maximum absolute atomic E-state index is 5.43. The molecule has 19 heavy (non-hydrogen) atoms.